The Kier molecular flexibility index (Phi) is 3.75. The topological polar surface area (TPSA) is 50.2 Å². The van der Waals surface area contributed by atoms with Gasteiger partial charge < -0.3 is 5.32 Å². The zero-order valence-corrected chi connectivity index (χ0v) is 12.4. The summed E-state index contributed by atoms with van der Waals surface area (Å²) in [7, 11) is 1.83. The van der Waals surface area contributed by atoms with E-state index < -0.39 is 0 Å². The Morgan fingerprint density at radius 1 is 1.33 bits per heavy atom. The third kappa shape index (κ3) is 2.97. The molecule has 1 amide bonds. The minimum atomic E-state index is -0.154. The van der Waals surface area contributed by atoms with Gasteiger partial charge in [-0.25, -0.2) is 0 Å². The number of amides is 1. The van der Waals surface area contributed by atoms with E-state index in [-0.39, 0.29) is 11.9 Å². The smallest absolute Gasteiger partial charge is 0.241 e. The maximum absolute atomic E-state index is 12.3. The lowest BCUT2D eigenvalue weighted by Gasteiger charge is -2.32. The van der Waals surface area contributed by atoms with E-state index in [0.29, 0.717) is 0 Å². The lowest BCUT2D eigenvalue weighted by molar-refractivity contribution is -0.121. The Balaban J connectivity index is 1.66. The second-order valence-corrected chi connectivity index (χ2v) is 5.56. The first-order chi connectivity index (χ1) is 10.1. The summed E-state index contributed by atoms with van der Waals surface area (Å²) >= 11 is 0. The number of aryl methyl sites for hydroxylation is 1. The van der Waals surface area contributed by atoms with Crippen LogP contribution in [0.1, 0.15) is 18.1 Å². The van der Waals surface area contributed by atoms with Crippen LogP contribution in [0.2, 0.25) is 0 Å². The fourth-order valence-corrected chi connectivity index (χ4v) is 2.75. The molecule has 0 saturated carbocycles. The molecule has 1 aromatic carbocycles. The second-order valence-electron chi connectivity index (χ2n) is 5.56. The van der Waals surface area contributed by atoms with Gasteiger partial charge >= 0.3 is 0 Å². The van der Waals surface area contributed by atoms with Gasteiger partial charge in [-0.1, -0.05) is 24.3 Å². The van der Waals surface area contributed by atoms with Crippen LogP contribution in [0.3, 0.4) is 0 Å². The number of aromatic nitrogens is 2. The van der Waals surface area contributed by atoms with E-state index in [1.54, 1.807) is 17.1 Å². The Morgan fingerprint density at radius 2 is 2.10 bits per heavy atom. The molecule has 0 spiro atoms. The van der Waals surface area contributed by atoms with Crippen molar-refractivity contribution in [2.24, 2.45) is 7.05 Å². The first-order valence-electron chi connectivity index (χ1n) is 7.24. The summed E-state index contributed by atoms with van der Waals surface area (Å²) < 4.78 is 1.68. The number of nitrogens with zero attached hydrogens (tertiary/aromatic N) is 3. The molecule has 0 saturated heterocycles. The molecule has 5 nitrogen and oxygen atoms in total. The molecule has 0 aliphatic carbocycles. The van der Waals surface area contributed by atoms with Crippen LogP contribution in [0.4, 0.5) is 5.69 Å². The molecule has 0 bridgehead atoms. The van der Waals surface area contributed by atoms with Crippen molar-refractivity contribution in [3.05, 3.63) is 47.8 Å². The highest BCUT2D eigenvalue weighted by atomic mass is 16.2. The first kappa shape index (κ1) is 13.8. The van der Waals surface area contributed by atoms with Crippen LogP contribution in [0.15, 0.2) is 36.7 Å². The molecule has 1 N–H and O–H groups in total. The molecular formula is C16H20N4O. The summed E-state index contributed by atoms with van der Waals surface area (Å²) in [6, 6.07) is 8.30. The number of hydrogen-bond donors (Lipinski definition) is 1. The fourth-order valence-electron chi connectivity index (χ4n) is 2.75. The quantitative estimate of drug-likeness (QED) is 0.935. The van der Waals surface area contributed by atoms with Gasteiger partial charge in [0, 0.05) is 26.3 Å². The van der Waals surface area contributed by atoms with E-state index in [0.717, 1.165) is 25.2 Å². The molecule has 1 atom stereocenters. The monoisotopic (exact) mass is 284 g/mol. The van der Waals surface area contributed by atoms with Crippen molar-refractivity contribution in [1.82, 2.24) is 14.7 Å². The molecule has 21 heavy (non-hydrogen) atoms. The number of fused-ring (bicyclic) bond motifs is 1. The van der Waals surface area contributed by atoms with Gasteiger partial charge in [0.25, 0.3) is 0 Å². The number of anilines is 1. The molecule has 5 heteroatoms. The molecular weight excluding hydrogens is 264 g/mol. The molecule has 0 fully saturated rings. The highest BCUT2D eigenvalue weighted by Crippen LogP contribution is 2.20. The van der Waals surface area contributed by atoms with Crippen molar-refractivity contribution >= 4 is 11.6 Å². The van der Waals surface area contributed by atoms with Gasteiger partial charge in [0.1, 0.15) is 0 Å². The summed E-state index contributed by atoms with van der Waals surface area (Å²) in [5, 5.41) is 6.98. The van der Waals surface area contributed by atoms with Gasteiger partial charge in [-0.15, -0.1) is 0 Å². The molecule has 3 rings (SSSR count). The van der Waals surface area contributed by atoms with E-state index in [1.165, 1.54) is 11.1 Å². The van der Waals surface area contributed by atoms with Crippen LogP contribution >= 0.6 is 0 Å². The number of rotatable bonds is 3. The number of carbonyl (C=O) groups is 1. The van der Waals surface area contributed by atoms with Gasteiger partial charge in [0.05, 0.1) is 17.9 Å². The van der Waals surface area contributed by atoms with Crippen molar-refractivity contribution in [1.29, 1.82) is 0 Å². The number of nitrogens with one attached hydrogen (secondary N) is 1. The summed E-state index contributed by atoms with van der Waals surface area (Å²) in [6.07, 6.45) is 4.47. The number of benzene rings is 1. The van der Waals surface area contributed by atoms with Gasteiger partial charge in [-0.2, -0.15) is 5.10 Å². The highest BCUT2D eigenvalue weighted by molar-refractivity contribution is 5.94. The highest BCUT2D eigenvalue weighted by Gasteiger charge is 2.25. The van der Waals surface area contributed by atoms with Crippen molar-refractivity contribution < 1.29 is 4.79 Å². The minimum absolute atomic E-state index is 0.0161. The lowest BCUT2D eigenvalue weighted by Crippen LogP contribution is -2.44. The van der Waals surface area contributed by atoms with Crippen molar-refractivity contribution in [2.45, 2.75) is 25.9 Å². The van der Waals surface area contributed by atoms with Crippen LogP contribution in [0.25, 0.3) is 0 Å². The normalized spacial score (nSPS) is 16.3. The maximum Gasteiger partial charge on any atom is 0.241 e. The zero-order valence-electron chi connectivity index (χ0n) is 12.4. The van der Waals surface area contributed by atoms with Crippen molar-refractivity contribution in [3.8, 4) is 0 Å². The summed E-state index contributed by atoms with van der Waals surface area (Å²) in [5.41, 5.74) is 3.46. The Morgan fingerprint density at radius 3 is 2.81 bits per heavy atom. The van der Waals surface area contributed by atoms with Crippen LogP contribution in [-0.2, 0) is 24.8 Å². The van der Waals surface area contributed by atoms with E-state index >= 15 is 0 Å². The SMILES string of the molecule is CC(C(=O)Nc1cnn(C)c1)N1CCc2ccccc2C1. The second kappa shape index (κ2) is 5.69. The molecule has 1 unspecified atom stereocenters. The van der Waals surface area contributed by atoms with E-state index in [2.05, 4.69) is 39.6 Å². The molecule has 2 aromatic rings. The molecule has 1 aliphatic rings. The van der Waals surface area contributed by atoms with Crippen molar-refractivity contribution in [2.75, 3.05) is 11.9 Å². The van der Waals surface area contributed by atoms with Crippen LogP contribution in [0.5, 0.6) is 0 Å². The molecule has 110 valence electrons. The molecule has 1 aliphatic heterocycles. The summed E-state index contributed by atoms with van der Waals surface area (Å²) in [4.78, 5) is 14.6. The number of hydrogen-bond acceptors (Lipinski definition) is 3. The average Bonchev–Trinajstić information content (AvgIpc) is 2.91. The standard InChI is InChI=1S/C16H20N4O/c1-12(16(21)18-15-9-17-19(2)11-15)20-8-7-13-5-3-4-6-14(13)10-20/h3-6,9,11-12H,7-8,10H2,1-2H3,(H,18,21). The largest absolute Gasteiger partial charge is 0.322 e. The summed E-state index contributed by atoms with van der Waals surface area (Å²) in [6.45, 7) is 3.70. The van der Waals surface area contributed by atoms with E-state index in [9.17, 15) is 4.79 Å². The average molecular weight is 284 g/mol. The van der Waals surface area contributed by atoms with Gasteiger partial charge in [0.15, 0.2) is 0 Å². The minimum Gasteiger partial charge on any atom is -0.322 e. The molecule has 1 aromatic heterocycles. The van der Waals surface area contributed by atoms with Crippen LogP contribution < -0.4 is 5.32 Å². The van der Waals surface area contributed by atoms with Crippen LogP contribution in [0, 0.1) is 0 Å². The maximum atomic E-state index is 12.3. The third-order valence-electron chi connectivity index (χ3n) is 4.06. The fraction of sp³-hybridized carbons (Fsp3) is 0.375. The van der Waals surface area contributed by atoms with Crippen LogP contribution in [-0.4, -0.2) is 33.2 Å². The number of carbonyl (C=O) groups excluding carboxylic acids is 1. The lowest BCUT2D eigenvalue weighted by atomic mass is 9.99. The van der Waals surface area contributed by atoms with Gasteiger partial charge in [0.2, 0.25) is 5.91 Å². The van der Waals surface area contributed by atoms with E-state index in [4.69, 9.17) is 0 Å². The molecule has 0 radical (unpaired) electrons. The third-order valence-corrected chi connectivity index (χ3v) is 4.06. The Hall–Kier alpha value is -2.14. The van der Waals surface area contributed by atoms with Gasteiger partial charge in [-0.3, -0.25) is 14.4 Å². The van der Waals surface area contributed by atoms with Crippen molar-refractivity contribution in [3.63, 3.8) is 0 Å². The Bertz CT molecular complexity index is 649. The summed E-state index contributed by atoms with van der Waals surface area (Å²) in [5.74, 6) is 0.0161. The first-order valence-corrected chi connectivity index (χ1v) is 7.24. The van der Waals surface area contributed by atoms with Gasteiger partial charge in [-0.05, 0) is 24.5 Å². The molecule has 2 heterocycles. The zero-order chi connectivity index (χ0) is 14.8. The predicted molar refractivity (Wildman–Crippen MR) is 81.9 cm³/mol. The Labute approximate surface area is 124 Å². The van der Waals surface area contributed by atoms with E-state index in [1.807, 2.05) is 14.0 Å². The predicted octanol–water partition coefficient (Wildman–Crippen LogP) is 1.81.